The number of amides is 4. The Morgan fingerprint density at radius 2 is 0.789 bits per heavy atom. The molecule has 0 bridgehead atoms. The smallest absolute Gasteiger partial charge is 0.262 e. The Bertz CT molecular complexity index is 4780. The molecule has 4 fully saturated rings. The molecule has 0 spiro atoms. The van der Waals surface area contributed by atoms with Gasteiger partial charge in [-0.3, -0.25) is 29.0 Å². The van der Waals surface area contributed by atoms with E-state index in [0.29, 0.717) is 16.9 Å². The molecule has 6 aliphatic heterocycles. The van der Waals surface area contributed by atoms with Crippen molar-refractivity contribution in [1.82, 2.24) is 9.80 Å². The number of aliphatic hydroxyl groups excluding tert-OH is 1. The molecule has 10 aromatic carbocycles. The van der Waals surface area contributed by atoms with E-state index in [1.54, 1.807) is 79.9 Å². The lowest BCUT2D eigenvalue weighted by Gasteiger charge is -2.54. The minimum absolute atomic E-state index is 0.0510. The molecule has 10 aromatic rings. The highest BCUT2D eigenvalue weighted by Crippen LogP contribution is 2.46. The summed E-state index contributed by atoms with van der Waals surface area (Å²) in [6.07, 6.45) is -19.4. The van der Waals surface area contributed by atoms with Gasteiger partial charge in [-0.1, -0.05) is 257 Å². The average Bonchev–Trinajstić information content (AvgIpc) is 1.16. The summed E-state index contributed by atoms with van der Waals surface area (Å²) in [7, 11) is -2.10. The zero-order valence-electron chi connectivity index (χ0n) is 63.5. The number of benzene rings is 10. The summed E-state index contributed by atoms with van der Waals surface area (Å²) < 4.78 is 100. The zero-order chi connectivity index (χ0) is 78.3. The third kappa shape index (κ3) is 16.2. The minimum atomic E-state index is -3.64. The largest absolute Gasteiger partial charge is 0.497 e. The van der Waals surface area contributed by atoms with Crippen LogP contribution < -0.4 is 19.8 Å². The van der Waals surface area contributed by atoms with Gasteiger partial charge in [-0.2, -0.15) is 0 Å². The van der Waals surface area contributed by atoms with Crippen molar-refractivity contribution in [3.8, 4) is 11.5 Å². The molecular formula is C92H90N2O19Si. The number of carbonyl (C=O) groups is 4. The van der Waals surface area contributed by atoms with Crippen molar-refractivity contribution in [1.29, 1.82) is 0 Å². The molecule has 114 heavy (non-hydrogen) atoms. The van der Waals surface area contributed by atoms with Crippen LogP contribution in [0.2, 0.25) is 5.04 Å². The van der Waals surface area contributed by atoms with Gasteiger partial charge in [0.05, 0.1) is 75.6 Å². The van der Waals surface area contributed by atoms with Crippen LogP contribution in [0.15, 0.2) is 285 Å². The van der Waals surface area contributed by atoms with Gasteiger partial charge < -0.3 is 71.1 Å². The summed E-state index contributed by atoms with van der Waals surface area (Å²) in [6, 6.07) is 84.1. The maximum atomic E-state index is 16.0. The second-order valence-electron chi connectivity index (χ2n) is 30.1. The Labute approximate surface area is 663 Å². The van der Waals surface area contributed by atoms with Crippen LogP contribution in [0.5, 0.6) is 11.5 Å². The Kier molecular flexibility index (Phi) is 23.8. The highest BCUT2D eigenvalue weighted by Gasteiger charge is 2.64. The second kappa shape index (κ2) is 34.9. The molecule has 4 amide bonds. The standard InChI is InChI=1S/C92H90N2O19Si/c1-92(2,3)114(66-40-22-10-23-41-66,67-42-24-11-25-43-67)113-83-77(95)91(109-74-58-105-88(110-80(74)83)63-38-20-9-21-39-63)112-79-73(57-102-53-60-32-14-6-15-33-60)108-90(76(82(79)104-55-62-36-18-8-19-37-62)94-86(98)70-46-28-29-47-71(70)87(94)99)111-78-72(56-101-52-59-30-12-5-13-31-59)107-89(106-65-50-48-64(100-4)49-51-65)75(81(78)103-54-61-34-16-7-17-35-61)93-84(96)68-44-26-27-45-69(68)85(93)97/h5-51,72-83,88-91,95H,52-58H2,1-4H3/t72-,73-,74-,75-,76-,77+,78-,79-,80-,81-,82-,83-,88-,89-,90+,91+/m1/s1. The fourth-order valence-electron chi connectivity index (χ4n) is 16.3. The van der Waals surface area contributed by atoms with Gasteiger partial charge >= 0.3 is 0 Å². The van der Waals surface area contributed by atoms with Crippen LogP contribution in [0.25, 0.3) is 0 Å². The quantitative estimate of drug-likeness (QED) is 0.0355. The molecule has 0 unspecified atom stereocenters. The molecule has 0 aromatic heterocycles. The van der Waals surface area contributed by atoms with Gasteiger partial charge in [0.25, 0.3) is 31.9 Å². The summed E-state index contributed by atoms with van der Waals surface area (Å²) in [4.78, 5) is 65.2. The number of carbonyl (C=O) groups excluding carboxylic acids is 4. The highest BCUT2D eigenvalue weighted by atomic mass is 28.4. The summed E-state index contributed by atoms with van der Waals surface area (Å²) in [5.74, 6) is -1.97. The summed E-state index contributed by atoms with van der Waals surface area (Å²) >= 11 is 0. The zero-order valence-corrected chi connectivity index (χ0v) is 64.5. The number of imide groups is 2. The van der Waals surface area contributed by atoms with E-state index in [2.05, 4.69) is 45.0 Å². The van der Waals surface area contributed by atoms with Crippen LogP contribution in [0.4, 0.5) is 0 Å². The molecule has 0 radical (unpaired) electrons. The van der Waals surface area contributed by atoms with Crippen LogP contribution in [0.3, 0.4) is 0 Å². The number of nitrogens with zero attached hydrogens (tertiary/aromatic N) is 2. The number of methoxy groups -OCH3 is 1. The molecule has 586 valence electrons. The van der Waals surface area contributed by atoms with E-state index in [4.69, 9.17) is 66.0 Å². The Morgan fingerprint density at radius 3 is 1.22 bits per heavy atom. The highest BCUT2D eigenvalue weighted by molar-refractivity contribution is 6.99. The van der Waals surface area contributed by atoms with E-state index in [1.165, 1.54) is 0 Å². The van der Waals surface area contributed by atoms with Gasteiger partial charge in [0.15, 0.2) is 18.9 Å². The molecule has 22 heteroatoms. The van der Waals surface area contributed by atoms with E-state index in [9.17, 15) is 5.11 Å². The Hall–Kier alpha value is -10.2. The summed E-state index contributed by atoms with van der Waals surface area (Å²) in [5.41, 5.74) is 4.20. The molecule has 16 rings (SSSR count). The van der Waals surface area contributed by atoms with E-state index in [1.807, 2.05) is 188 Å². The molecule has 0 aliphatic carbocycles. The van der Waals surface area contributed by atoms with Crippen LogP contribution >= 0.6 is 0 Å². The van der Waals surface area contributed by atoms with Crippen LogP contribution in [-0.4, -0.2) is 166 Å². The topological polar surface area (TPSA) is 224 Å². The lowest BCUT2D eigenvalue weighted by atomic mass is 9.92. The average molecular weight is 1560 g/mol. The molecule has 0 saturated carbocycles. The van der Waals surface area contributed by atoms with E-state index in [-0.39, 0.29) is 74.3 Å². The van der Waals surface area contributed by atoms with Crippen LogP contribution in [0, 0.1) is 0 Å². The predicted octanol–water partition coefficient (Wildman–Crippen LogP) is 12.4. The Balaban J connectivity index is 0.862. The molecule has 6 heterocycles. The Morgan fingerprint density at radius 1 is 0.412 bits per heavy atom. The number of rotatable bonds is 28. The van der Waals surface area contributed by atoms with Crippen molar-refractivity contribution in [2.24, 2.45) is 0 Å². The fraction of sp³-hybridized carbons (Fsp3) is 0.304. The molecule has 1 N–H and O–H groups in total. The van der Waals surface area contributed by atoms with Crippen molar-refractivity contribution in [3.05, 3.63) is 335 Å². The second-order valence-corrected chi connectivity index (χ2v) is 34.3. The van der Waals surface area contributed by atoms with Crippen molar-refractivity contribution >= 4 is 42.3 Å². The van der Waals surface area contributed by atoms with Gasteiger partial charge in [0.2, 0.25) is 6.29 Å². The molecule has 16 atom stereocenters. The lowest BCUT2D eigenvalue weighted by Crippen LogP contribution is -2.74. The fourth-order valence-corrected chi connectivity index (χ4v) is 21.0. The first-order valence-corrected chi connectivity index (χ1v) is 40.5. The normalized spacial score (nSPS) is 26.2. The van der Waals surface area contributed by atoms with Gasteiger partial charge in [-0.25, -0.2) is 0 Å². The van der Waals surface area contributed by atoms with Gasteiger partial charge in [0.1, 0.15) is 84.6 Å². The first-order valence-electron chi connectivity index (χ1n) is 38.6. The summed E-state index contributed by atoms with van der Waals surface area (Å²) in [6.45, 7) is 5.68. The number of aliphatic hydroxyl groups is 1. The summed E-state index contributed by atoms with van der Waals surface area (Å²) in [5, 5.41) is 15.2. The number of hydrogen-bond donors (Lipinski definition) is 1. The molecule has 21 nitrogen and oxygen atoms in total. The maximum Gasteiger partial charge on any atom is 0.262 e. The first kappa shape index (κ1) is 77.7. The van der Waals surface area contributed by atoms with Crippen molar-refractivity contribution in [2.45, 2.75) is 151 Å². The first-order chi connectivity index (χ1) is 55.7. The SMILES string of the molecule is COc1ccc(O[C@@H]2O[C@H](COCc3ccccc3)[C@@H](O[C@@H]3O[C@H](COCc4ccccc4)[C@@H](O[C@@H]4O[C@@H]5CO[C@@H](c6ccccc6)O[C@H]5[C@H](O[Si](c5ccccc5)(c5ccccc5)C(C)(C)C)[C@@H]4O)[C@H](OCc4ccccc4)[C@H]3N3C(=O)c4ccccc4C3=O)[C@H](OCc3ccccc3)[C@H]2N2C(=O)c3ccccc3C2=O)cc1. The molecule has 6 aliphatic rings. The molecular weight excluding hydrogens is 1470 g/mol. The van der Waals surface area contributed by atoms with Crippen LogP contribution in [-0.2, 0) is 83.0 Å². The van der Waals surface area contributed by atoms with E-state index in [0.717, 1.165) is 36.9 Å². The number of fused-ring (bicyclic) bond motifs is 3. The van der Waals surface area contributed by atoms with Gasteiger partial charge in [-0.05, 0) is 86.2 Å². The van der Waals surface area contributed by atoms with Gasteiger partial charge in [0, 0.05) is 5.56 Å². The van der Waals surface area contributed by atoms with Crippen molar-refractivity contribution in [3.63, 3.8) is 0 Å². The van der Waals surface area contributed by atoms with E-state index >= 15 is 19.2 Å². The number of ether oxygens (including phenoxy) is 13. The van der Waals surface area contributed by atoms with E-state index < -0.39 is 135 Å². The van der Waals surface area contributed by atoms with Crippen molar-refractivity contribution in [2.75, 3.05) is 26.9 Å². The lowest BCUT2D eigenvalue weighted by molar-refractivity contribution is -0.388. The van der Waals surface area contributed by atoms with Gasteiger partial charge in [-0.15, -0.1) is 0 Å². The maximum absolute atomic E-state index is 16.0. The minimum Gasteiger partial charge on any atom is -0.497 e. The molecule has 4 saturated heterocycles. The monoisotopic (exact) mass is 1550 g/mol. The number of hydrogen-bond acceptors (Lipinski definition) is 19. The van der Waals surface area contributed by atoms with Crippen molar-refractivity contribution < 1.29 is 90.3 Å². The van der Waals surface area contributed by atoms with Crippen LogP contribution in [0.1, 0.15) is 96.3 Å². The predicted molar refractivity (Wildman–Crippen MR) is 422 cm³/mol. The third-order valence-corrected chi connectivity index (χ3v) is 26.9. The third-order valence-electron chi connectivity index (χ3n) is 21.8.